The van der Waals surface area contributed by atoms with Gasteiger partial charge in [-0.3, -0.25) is 4.90 Å². The minimum atomic E-state index is 0.707. The zero-order valence-corrected chi connectivity index (χ0v) is 8.31. The second-order valence-electron chi connectivity index (χ2n) is 3.51. The van der Waals surface area contributed by atoms with Crippen LogP contribution in [0.5, 0.6) is 0 Å². The molecule has 1 saturated heterocycles. The van der Waals surface area contributed by atoms with Crippen LogP contribution in [0, 0.1) is 0 Å². The summed E-state index contributed by atoms with van der Waals surface area (Å²) in [5, 5.41) is 2.18. The van der Waals surface area contributed by atoms with Crippen LogP contribution in [-0.4, -0.2) is 18.5 Å². The normalized spacial score (nSPS) is 25.9. The lowest BCUT2D eigenvalue weighted by Gasteiger charge is -2.31. The summed E-state index contributed by atoms with van der Waals surface area (Å²) >= 11 is 1.89. The van der Waals surface area contributed by atoms with Crippen molar-refractivity contribution in [1.82, 2.24) is 4.90 Å². The third kappa shape index (κ3) is 1.54. The summed E-state index contributed by atoms with van der Waals surface area (Å²) in [4.78, 5) is 4.02. The van der Waals surface area contributed by atoms with Crippen LogP contribution >= 0.6 is 11.3 Å². The zero-order valence-electron chi connectivity index (χ0n) is 7.49. The van der Waals surface area contributed by atoms with E-state index in [1.54, 1.807) is 0 Å². The summed E-state index contributed by atoms with van der Waals surface area (Å²) in [7, 11) is 2.24. The highest BCUT2D eigenvalue weighted by molar-refractivity contribution is 7.10. The van der Waals surface area contributed by atoms with Gasteiger partial charge in [0.2, 0.25) is 0 Å². The van der Waals surface area contributed by atoms with Gasteiger partial charge in [-0.05, 0) is 37.9 Å². The second kappa shape index (κ2) is 3.58. The van der Waals surface area contributed by atoms with Crippen molar-refractivity contribution in [2.45, 2.75) is 25.3 Å². The summed E-state index contributed by atoms with van der Waals surface area (Å²) in [6.45, 7) is 1.27. The molecule has 0 spiro atoms. The van der Waals surface area contributed by atoms with Gasteiger partial charge in [0.25, 0.3) is 0 Å². The first-order chi connectivity index (χ1) is 5.88. The molecule has 1 nitrogen and oxygen atoms in total. The maximum absolute atomic E-state index is 2.48. The molecule has 2 heterocycles. The monoisotopic (exact) mass is 181 g/mol. The summed E-state index contributed by atoms with van der Waals surface area (Å²) in [6.07, 6.45) is 4.11. The SMILES string of the molecule is CN1CCCC[C@H]1c1cccs1. The lowest BCUT2D eigenvalue weighted by Crippen LogP contribution is -2.28. The predicted molar refractivity (Wildman–Crippen MR) is 53.5 cm³/mol. The molecule has 0 N–H and O–H groups in total. The van der Waals surface area contributed by atoms with Gasteiger partial charge in [-0.2, -0.15) is 0 Å². The fourth-order valence-corrected chi connectivity index (χ4v) is 2.84. The van der Waals surface area contributed by atoms with Gasteiger partial charge in [0.05, 0.1) is 0 Å². The topological polar surface area (TPSA) is 3.24 Å². The van der Waals surface area contributed by atoms with Crippen LogP contribution in [0.2, 0.25) is 0 Å². The molecule has 1 aromatic heterocycles. The lowest BCUT2D eigenvalue weighted by atomic mass is 10.0. The van der Waals surface area contributed by atoms with Crippen molar-refractivity contribution in [2.24, 2.45) is 0 Å². The molecule has 0 amide bonds. The fraction of sp³-hybridized carbons (Fsp3) is 0.600. The number of thiophene rings is 1. The number of rotatable bonds is 1. The molecular weight excluding hydrogens is 166 g/mol. The van der Waals surface area contributed by atoms with Crippen molar-refractivity contribution < 1.29 is 0 Å². The molecule has 1 fully saturated rings. The third-order valence-electron chi connectivity index (χ3n) is 2.64. The molecule has 1 aliphatic heterocycles. The van der Waals surface area contributed by atoms with E-state index in [2.05, 4.69) is 29.5 Å². The molecule has 66 valence electrons. The summed E-state index contributed by atoms with van der Waals surface area (Å²) in [5.74, 6) is 0. The van der Waals surface area contributed by atoms with Gasteiger partial charge in [0.15, 0.2) is 0 Å². The van der Waals surface area contributed by atoms with Gasteiger partial charge in [-0.25, -0.2) is 0 Å². The highest BCUT2D eigenvalue weighted by atomic mass is 32.1. The van der Waals surface area contributed by atoms with Crippen molar-refractivity contribution in [3.63, 3.8) is 0 Å². The first kappa shape index (κ1) is 8.27. The smallest absolute Gasteiger partial charge is 0.0438 e. The molecule has 0 aromatic carbocycles. The van der Waals surface area contributed by atoms with Gasteiger partial charge >= 0.3 is 0 Å². The van der Waals surface area contributed by atoms with Crippen LogP contribution in [0.4, 0.5) is 0 Å². The van der Waals surface area contributed by atoms with E-state index < -0.39 is 0 Å². The number of likely N-dealkylation sites (tertiary alicyclic amines) is 1. The van der Waals surface area contributed by atoms with E-state index in [-0.39, 0.29) is 0 Å². The van der Waals surface area contributed by atoms with E-state index in [9.17, 15) is 0 Å². The van der Waals surface area contributed by atoms with Gasteiger partial charge < -0.3 is 0 Å². The van der Waals surface area contributed by atoms with Crippen LogP contribution in [0.3, 0.4) is 0 Å². The molecule has 0 saturated carbocycles. The number of piperidine rings is 1. The highest BCUT2D eigenvalue weighted by Gasteiger charge is 2.20. The van der Waals surface area contributed by atoms with Crippen LogP contribution in [0.1, 0.15) is 30.2 Å². The van der Waals surface area contributed by atoms with Crippen molar-refractivity contribution in [3.05, 3.63) is 22.4 Å². The molecule has 2 rings (SSSR count). The summed E-state index contributed by atoms with van der Waals surface area (Å²) in [6, 6.07) is 5.12. The Morgan fingerprint density at radius 1 is 1.50 bits per heavy atom. The van der Waals surface area contributed by atoms with Crippen molar-refractivity contribution in [1.29, 1.82) is 0 Å². The average Bonchev–Trinajstić information content (AvgIpc) is 2.57. The highest BCUT2D eigenvalue weighted by Crippen LogP contribution is 2.31. The Morgan fingerprint density at radius 3 is 3.08 bits per heavy atom. The largest absolute Gasteiger partial charge is 0.299 e. The second-order valence-corrected chi connectivity index (χ2v) is 4.49. The van der Waals surface area contributed by atoms with E-state index in [1.165, 1.54) is 30.7 Å². The summed E-state index contributed by atoms with van der Waals surface area (Å²) in [5.41, 5.74) is 0. The Morgan fingerprint density at radius 2 is 2.42 bits per heavy atom. The van der Waals surface area contributed by atoms with Crippen molar-refractivity contribution >= 4 is 11.3 Å². The Balaban J connectivity index is 2.11. The molecule has 0 radical (unpaired) electrons. The molecule has 0 bridgehead atoms. The maximum Gasteiger partial charge on any atom is 0.0438 e. The molecule has 0 unspecified atom stereocenters. The van der Waals surface area contributed by atoms with Gasteiger partial charge in [-0.15, -0.1) is 11.3 Å². The quantitative estimate of drug-likeness (QED) is 0.644. The third-order valence-corrected chi connectivity index (χ3v) is 3.62. The van der Waals surface area contributed by atoms with E-state index in [1.807, 2.05) is 11.3 Å². The average molecular weight is 181 g/mol. The molecular formula is C10H15NS. The fourth-order valence-electron chi connectivity index (χ4n) is 1.92. The van der Waals surface area contributed by atoms with E-state index in [4.69, 9.17) is 0 Å². The molecule has 0 aliphatic carbocycles. The van der Waals surface area contributed by atoms with Gasteiger partial charge in [-0.1, -0.05) is 12.5 Å². The molecule has 1 aliphatic rings. The Labute approximate surface area is 78.0 Å². The molecule has 1 atom stereocenters. The van der Waals surface area contributed by atoms with Crippen LogP contribution in [-0.2, 0) is 0 Å². The molecule has 1 aromatic rings. The van der Waals surface area contributed by atoms with Crippen LogP contribution in [0.15, 0.2) is 17.5 Å². The summed E-state index contributed by atoms with van der Waals surface area (Å²) < 4.78 is 0. The van der Waals surface area contributed by atoms with Crippen molar-refractivity contribution in [2.75, 3.05) is 13.6 Å². The van der Waals surface area contributed by atoms with E-state index >= 15 is 0 Å². The molecule has 12 heavy (non-hydrogen) atoms. The Bertz CT molecular complexity index is 230. The lowest BCUT2D eigenvalue weighted by molar-refractivity contribution is 0.190. The first-order valence-corrected chi connectivity index (χ1v) is 5.49. The Hall–Kier alpha value is -0.340. The first-order valence-electron chi connectivity index (χ1n) is 4.61. The minimum absolute atomic E-state index is 0.707. The maximum atomic E-state index is 2.48. The van der Waals surface area contributed by atoms with Crippen molar-refractivity contribution in [3.8, 4) is 0 Å². The number of hydrogen-bond donors (Lipinski definition) is 0. The number of nitrogens with zero attached hydrogens (tertiary/aromatic N) is 1. The van der Waals surface area contributed by atoms with Crippen LogP contribution < -0.4 is 0 Å². The van der Waals surface area contributed by atoms with Crippen LogP contribution in [0.25, 0.3) is 0 Å². The van der Waals surface area contributed by atoms with Gasteiger partial charge in [0, 0.05) is 10.9 Å². The minimum Gasteiger partial charge on any atom is -0.299 e. The van der Waals surface area contributed by atoms with Gasteiger partial charge in [0.1, 0.15) is 0 Å². The van der Waals surface area contributed by atoms with E-state index in [0.717, 1.165) is 0 Å². The van der Waals surface area contributed by atoms with E-state index in [0.29, 0.717) is 6.04 Å². The Kier molecular flexibility index (Phi) is 2.47. The standard InChI is InChI=1S/C10H15NS/c1-11-7-3-2-5-9(11)10-6-4-8-12-10/h4,6,8-9H,2-3,5,7H2,1H3/t9-/m0/s1. The zero-order chi connectivity index (χ0) is 8.39. The number of hydrogen-bond acceptors (Lipinski definition) is 2. The predicted octanol–water partition coefficient (Wildman–Crippen LogP) is 2.90. The molecule has 2 heteroatoms.